The first-order valence-electron chi connectivity index (χ1n) is 5.25. The summed E-state index contributed by atoms with van der Waals surface area (Å²) in [4.78, 5) is 15.7. The number of carbonyl (C=O) groups excluding carboxylic acids is 1. The van der Waals surface area contributed by atoms with Gasteiger partial charge in [-0.15, -0.1) is 5.10 Å². The van der Waals surface area contributed by atoms with Crippen molar-refractivity contribution in [2.45, 2.75) is 18.1 Å². The fourth-order valence-corrected chi connectivity index (χ4v) is 1.84. The largest absolute Gasteiger partial charge is 0.353 e. The summed E-state index contributed by atoms with van der Waals surface area (Å²) in [5.74, 6) is 0.587. The van der Waals surface area contributed by atoms with Crippen molar-refractivity contribution >= 4 is 17.7 Å². The number of nitrogens with one attached hydrogen (secondary N) is 2. The minimum Gasteiger partial charge on any atom is -0.353 e. The third-order valence-electron chi connectivity index (χ3n) is 2.17. The SMILES string of the molecule is C[C@@H](C(=O)NCCSc1ncn[nH]1)n1cnnn1. The summed E-state index contributed by atoms with van der Waals surface area (Å²) in [7, 11) is 0. The predicted octanol–water partition coefficient (Wildman–Crippen LogP) is -0.739. The number of nitrogens with zero attached hydrogens (tertiary/aromatic N) is 6. The number of carbonyl (C=O) groups is 1. The Morgan fingerprint density at radius 3 is 3.22 bits per heavy atom. The summed E-state index contributed by atoms with van der Waals surface area (Å²) < 4.78 is 1.40. The normalized spacial score (nSPS) is 12.3. The topological polar surface area (TPSA) is 114 Å². The molecule has 0 aliphatic heterocycles. The van der Waals surface area contributed by atoms with Crippen molar-refractivity contribution in [2.75, 3.05) is 12.3 Å². The molecule has 1 amide bonds. The van der Waals surface area contributed by atoms with Gasteiger partial charge in [-0.2, -0.15) is 5.10 Å². The van der Waals surface area contributed by atoms with Crippen molar-refractivity contribution in [1.29, 1.82) is 0 Å². The number of thioether (sulfide) groups is 1. The third kappa shape index (κ3) is 3.26. The number of aromatic nitrogens is 7. The molecule has 18 heavy (non-hydrogen) atoms. The van der Waals surface area contributed by atoms with Gasteiger partial charge in [-0.3, -0.25) is 9.89 Å². The predicted molar refractivity (Wildman–Crippen MR) is 62.6 cm³/mol. The maximum Gasteiger partial charge on any atom is 0.244 e. The van der Waals surface area contributed by atoms with Crippen molar-refractivity contribution in [1.82, 2.24) is 40.7 Å². The van der Waals surface area contributed by atoms with Gasteiger partial charge >= 0.3 is 0 Å². The van der Waals surface area contributed by atoms with Gasteiger partial charge in [0.2, 0.25) is 5.91 Å². The Morgan fingerprint density at radius 1 is 1.67 bits per heavy atom. The van der Waals surface area contributed by atoms with E-state index in [4.69, 9.17) is 0 Å². The maximum atomic E-state index is 11.7. The average Bonchev–Trinajstić information content (AvgIpc) is 3.05. The van der Waals surface area contributed by atoms with Crippen LogP contribution in [0.5, 0.6) is 0 Å². The molecule has 0 aromatic carbocycles. The van der Waals surface area contributed by atoms with E-state index in [1.807, 2.05) is 0 Å². The zero-order valence-electron chi connectivity index (χ0n) is 9.65. The van der Waals surface area contributed by atoms with E-state index in [9.17, 15) is 4.79 Å². The van der Waals surface area contributed by atoms with Crippen molar-refractivity contribution in [3.05, 3.63) is 12.7 Å². The highest BCUT2D eigenvalue weighted by molar-refractivity contribution is 7.99. The van der Waals surface area contributed by atoms with Crippen molar-refractivity contribution in [3.63, 3.8) is 0 Å². The van der Waals surface area contributed by atoms with E-state index in [0.29, 0.717) is 12.3 Å². The molecule has 0 aliphatic carbocycles. The van der Waals surface area contributed by atoms with Crippen LogP contribution in [-0.4, -0.2) is 53.6 Å². The number of amides is 1. The molecule has 2 N–H and O–H groups in total. The smallest absolute Gasteiger partial charge is 0.244 e. The Bertz CT molecular complexity index is 469. The van der Waals surface area contributed by atoms with Crippen LogP contribution < -0.4 is 5.32 Å². The Hall–Kier alpha value is -1.97. The van der Waals surface area contributed by atoms with Crippen molar-refractivity contribution in [2.24, 2.45) is 0 Å². The summed E-state index contributed by atoms with van der Waals surface area (Å²) in [6.07, 6.45) is 2.86. The second kappa shape index (κ2) is 6.10. The molecule has 1 atom stereocenters. The van der Waals surface area contributed by atoms with Gasteiger partial charge in [0, 0.05) is 12.3 Å². The fourth-order valence-electron chi connectivity index (χ4n) is 1.20. The van der Waals surface area contributed by atoms with Gasteiger partial charge in [0.1, 0.15) is 18.7 Å². The monoisotopic (exact) mass is 268 g/mol. The molecule has 2 aromatic heterocycles. The molecule has 0 aliphatic rings. The van der Waals surface area contributed by atoms with Gasteiger partial charge in [0.25, 0.3) is 0 Å². The quantitative estimate of drug-likeness (QED) is 0.524. The molecule has 0 bridgehead atoms. The second-order valence-electron chi connectivity index (χ2n) is 3.40. The molecular formula is C8H12N8OS. The van der Waals surface area contributed by atoms with Crippen LogP contribution in [0.4, 0.5) is 0 Å². The minimum absolute atomic E-state index is 0.125. The number of hydrogen-bond donors (Lipinski definition) is 2. The Labute approximate surface area is 107 Å². The number of hydrogen-bond acceptors (Lipinski definition) is 7. The lowest BCUT2D eigenvalue weighted by molar-refractivity contribution is -0.124. The highest BCUT2D eigenvalue weighted by Gasteiger charge is 2.14. The van der Waals surface area contributed by atoms with Gasteiger partial charge in [-0.1, -0.05) is 11.8 Å². The highest BCUT2D eigenvalue weighted by atomic mass is 32.2. The number of tetrazole rings is 1. The van der Waals surface area contributed by atoms with E-state index in [1.54, 1.807) is 6.92 Å². The molecule has 0 unspecified atom stereocenters. The highest BCUT2D eigenvalue weighted by Crippen LogP contribution is 2.09. The van der Waals surface area contributed by atoms with Crippen LogP contribution in [0.1, 0.15) is 13.0 Å². The van der Waals surface area contributed by atoms with Gasteiger partial charge in [-0.05, 0) is 17.4 Å². The van der Waals surface area contributed by atoms with Crippen molar-refractivity contribution < 1.29 is 4.79 Å². The molecule has 10 heteroatoms. The first-order chi connectivity index (χ1) is 8.77. The molecule has 0 radical (unpaired) electrons. The van der Waals surface area contributed by atoms with Crippen LogP contribution in [0, 0.1) is 0 Å². The summed E-state index contributed by atoms with van der Waals surface area (Å²) in [5.41, 5.74) is 0. The van der Waals surface area contributed by atoms with Crippen molar-refractivity contribution in [3.8, 4) is 0 Å². The molecule has 2 rings (SSSR count). The summed E-state index contributed by atoms with van der Waals surface area (Å²) >= 11 is 1.49. The summed E-state index contributed by atoms with van der Waals surface area (Å²) in [5, 5.41) is 20.6. The van der Waals surface area contributed by atoms with Crippen LogP contribution in [0.25, 0.3) is 0 Å². The lowest BCUT2D eigenvalue weighted by Crippen LogP contribution is -2.32. The molecule has 9 nitrogen and oxygen atoms in total. The van der Waals surface area contributed by atoms with E-state index in [-0.39, 0.29) is 5.91 Å². The minimum atomic E-state index is -0.421. The van der Waals surface area contributed by atoms with E-state index in [1.165, 1.54) is 29.1 Å². The zero-order valence-corrected chi connectivity index (χ0v) is 10.5. The first-order valence-corrected chi connectivity index (χ1v) is 6.24. The Kier molecular flexibility index (Phi) is 4.23. The van der Waals surface area contributed by atoms with Crippen LogP contribution in [-0.2, 0) is 4.79 Å². The second-order valence-corrected chi connectivity index (χ2v) is 4.48. The van der Waals surface area contributed by atoms with Gasteiger partial charge < -0.3 is 5.32 Å². The van der Waals surface area contributed by atoms with Crippen LogP contribution in [0.2, 0.25) is 0 Å². The van der Waals surface area contributed by atoms with E-state index in [2.05, 4.69) is 36.0 Å². The third-order valence-corrected chi connectivity index (χ3v) is 3.05. The standard InChI is InChI=1S/C8H12N8OS/c1-6(16-5-12-14-15-16)7(17)9-2-3-18-8-10-4-11-13-8/h4-6H,2-3H2,1H3,(H,9,17)(H,10,11,13)/t6-/m0/s1. The zero-order chi connectivity index (χ0) is 12.8. The first kappa shape index (κ1) is 12.5. The molecule has 0 saturated heterocycles. The maximum absolute atomic E-state index is 11.7. The van der Waals surface area contributed by atoms with Crippen LogP contribution in [0.3, 0.4) is 0 Å². The molecular weight excluding hydrogens is 256 g/mol. The van der Waals surface area contributed by atoms with Gasteiger partial charge in [0.05, 0.1) is 0 Å². The molecule has 2 heterocycles. The van der Waals surface area contributed by atoms with E-state index >= 15 is 0 Å². The lowest BCUT2D eigenvalue weighted by atomic mass is 10.3. The molecule has 96 valence electrons. The van der Waals surface area contributed by atoms with Gasteiger partial charge in [-0.25, -0.2) is 9.67 Å². The lowest BCUT2D eigenvalue weighted by Gasteiger charge is -2.10. The van der Waals surface area contributed by atoms with Crippen LogP contribution in [0.15, 0.2) is 17.8 Å². The number of H-pyrrole nitrogens is 1. The number of aromatic amines is 1. The fraction of sp³-hybridized carbons (Fsp3) is 0.500. The average molecular weight is 268 g/mol. The Balaban J connectivity index is 1.69. The summed E-state index contributed by atoms with van der Waals surface area (Å²) in [6, 6.07) is -0.421. The van der Waals surface area contributed by atoms with E-state index in [0.717, 1.165) is 5.16 Å². The van der Waals surface area contributed by atoms with Crippen LogP contribution >= 0.6 is 11.8 Å². The van der Waals surface area contributed by atoms with Gasteiger partial charge in [0.15, 0.2) is 5.16 Å². The molecule has 0 saturated carbocycles. The Morgan fingerprint density at radius 2 is 2.56 bits per heavy atom. The number of rotatable bonds is 6. The van der Waals surface area contributed by atoms with E-state index < -0.39 is 6.04 Å². The summed E-state index contributed by atoms with van der Waals surface area (Å²) in [6.45, 7) is 2.27. The molecule has 0 fully saturated rings. The molecule has 2 aromatic rings. The molecule has 0 spiro atoms.